The van der Waals surface area contributed by atoms with E-state index in [1.54, 1.807) is 0 Å². The van der Waals surface area contributed by atoms with Gasteiger partial charge in [0, 0.05) is 61.5 Å². The number of carbonyl (C=O) groups excluding carboxylic acids is 1. The van der Waals surface area contributed by atoms with Crippen LogP contribution in [0.3, 0.4) is 0 Å². The number of nitrogens with zero attached hydrogens (tertiary/aromatic N) is 5. The number of anilines is 2. The second kappa shape index (κ2) is 10.0. The fourth-order valence-electron chi connectivity index (χ4n) is 4.97. The Bertz CT molecular complexity index is 1140. The first-order valence-corrected chi connectivity index (χ1v) is 12.4. The van der Waals surface area contributed by atoms with E-state index in [0.29, 0.717) is 5.91 Å². The van der Waals surface area contributed by atoms with Crippen molar-refractivity contribution in [3.8, 4) is 11.3 Å². The van der Waals surface area contributed by atoms with E-state index in [-0.39, 0.29) is 5.92 Å². The Morgan fingerprint density at radius 2 is 1.62 bits per heavy atom. The van der Waals surface area contributed by atoms with Gasteiger partial charge in [0.2, 0.25) is 5.91 Å². The van der Waals surface area contributed by atoms with Gasteiger partial charge < -0.3 is 14.7 Å². The summed E-state index contributed by atoms with van der Waals surface area (Å²) in [6.45, 7) is 6.95. The first-order valence-electron chi connectivity index (χ1n) is 12.0. The summed E-state index contributed by atoms with van der Waals surface area (Å²) in [6.07, 6.45) is 1.71. The molecule has 7 heteroatoms. The Hall–Kier alpha value is -3.12. The van der Waals surface area contributed by atoms with Crippen molar-refractivity contribution in [1.82, 2.24) is 15.1 Å². The second-order valence-corrected chi connectivity index (χ2v) is 9.58. The number of hydrogen-bond acceptors (Lipinski definition) is 5. The van der Waals surface area contributed by atoms with E-state index in [4.69, 9.17) is 11.6 Å². The minimum atomic E-state index is 0.0909. The van der Waals surface area contributed by atoms with Crippen molar-refractivity contribution in [2.75, 3.05) is 49.1 Å². The van der Waals surface area contributed by atoms with Crippen LogP contribution in [-0.4, -0.2) is 60.3 Å². The number of rotatable bonds is 4. The van der Waals surface area contributed by atoms with Gasteiger partial charge in [-0.1, -0.05) is 41.9 Å². The van der Waals surface area contributed by atoms with E-state index in [0.717, 1.165) is 79.9 Å². The summed E-state index contributed by atoms with van der Waals surface area (Å²) in [5.74, 6) is 1.28. The van der Waals surface area contributed by atoms with Gasteiger partial charge in [0.1, 0.15) is 0 Å². The summed E-state index contributed by atoms with van der Waals surface area (Å²) in [5, 5.41) is 9.71. The maximum atomic E-state index is 13.2. The van der Waals surface area contributed by atoms with Crippen molar-refractivity contribution in [2.45, 2.75) is 19.8 Å². The largest absolute Gasteiger partial charge is 0.368 e. The van der Waals surface area contributed by atoms with Gasteiger partial charge in [0.05, 0.1) is 5.69 Å². The lowest BCUT2D eigenvalue weighted by molar-refractivity contribution is -0.136. The summed E-state index contributed by atoms with van der Waals surface area (Å²) in [7, 11) is 0. The molecule has 0 spiro atoms. The van der Waals surface area contributed by atoms with Crippen molar-refractivity contribution in [2.24, 2.45) is 5.92 Å². The van der Waals surface area contributed by atoms with E-state index in [9.17, 15) is 4.79 Å². The molecule has 34 heavy (non-hydrogen) atoms. The average molecular weight is 476 g/mol. The second-order valence-electron chi connectivity index (χ2n) is 9.15. The van der Waals surface area contributed by atoms with Crippen LogP contribution in [0, 0.1) is 12.8 Å². The Morgan fingerprint density at radius 1 is 0.853 bits per heavy atom. The number of carbonyl (C=O) groups is 1. The standard InChI is InChI=1S/C27H30ClN5O/c1-20-5-2-3-8-24(20)25-9-10-26(30-29-25)32-13-11-21(12-14-32)27(34)33-17-15-31(16-18-33)23-7-4-6-22(28)19-23/h2-10,19,21H,11-18H2,1H3. The van der Waals surface area contributed by atoms with E-state index in [1.807, 2.05) is 47.4 Å². The zero-order valence-corrected chi connectivity index (χ0v) is 20.3. The number of piperazine rings is 1. The summed E-state index contributed by atoms with van der Waals surface area (Å²) in [5.41, 5.74) is 4.32. The molecule has 0 unspecified atom stereocenters. The van der Waals surface area contributed by atoms with E-state index < -0.39 is 0 Å². The predicted molar refractivity (Wildman–Crippen MR) is 137 cm³/mol. The molecule has 176 valence electrons. The molecule has 1 amide bonds. The van der Waals surface area contributed by atoms with E-state index in [2.05, 4.69) is 45.1 Å². The molecule has 3 aromatic rings. The van der Waals surface area contributed by atoms with Crippen LogP contribution >= 0.6 is 11.6 Å². The van der Waals surface area contributed by atoms with E-state index >= 15 is 0 Å². The first kappa shape index (κ1) is 22.7. The maximum Gasteiger partial charge on any atom is 0.225 e. The van der Waals surface area contributed by atoms with Crippen LogP contribution in [0.2, 0.25) is 5.02 Å². The molecular weight excluding hydrogens is 446 g/mol. The Morgan fingerprint density at radius 3 is 2.29 bits per heavy atom. The van der Waals surface area contributed by atoms with Gasteiger partial charge in [-0.15, -0.1) is 10.2 Å². The minimum Gasteiger partial charge on any atom is -0.368 e. The van der Waals surface area contributed by atoms with Crippen LogP contribution in [0.5, 0.6) is 0 Å². The molecule has 2 aromatic carbocycles. The average Bonchev–Trinajstić information content (AvgIpc) is 2.89. The Kier molecular flexibility index (Phi) is 6.68. The zero-order valence-electron chi connectivity index (χ0n) is 19.5. The summed E-state index contributed by atoms with van der Waals surface area (Å²) in [6, 6.07) is 20.2. The number of amides is 1. The molecule has 0 saturated carbocycles. The maximum absolute atomic E-state index is 13.2. The molecular formula is C27H30ClN5O. The van der Waals surface area contributed by atoms with Gasteiger partial charge in [-0.2, -0.15) is 0 Å². The number of aromatic nitrogens is 2. The molecule has 2 aliphatic rings. The van der Waals surface area contributed by atoms with Crippen molar-refractivity contribution >= 4 is 29.0 Å². The van der Waals surface area contributed by atoms with Crippen LogP contribution in [0.25, 0.3) is 11.3 Å². The smallest absolute Gasteiger partial charge is 0.225 e. The third-order valence-corrected chi connectivity index (χ3v) is 7.24. The van der Waals surface area contributed by atoms with Crippen LogP contribution in [-0.2, 0) is 4.79 Å². The normalized spacial score (nSPS) is 17.2. The molecule has 5 rings (SSSR count). The van der Waals surface area contributed by atoms with Crippen LogP contribution in [0.15, 0.2) is 60.7 Å². The Labute approximate surface area is 206 Å². The minimum absolute atomic E-state index is 0.0909. The van der Waals surface area contributed by atoms with Crippen molar-refractivity contribution in [1.29, 1.82) is 0 Å². The SMILES string of the molecule is Cc1ccccc1-c1ccc(N2CCC(C(=O)N3CCN(c4cccc(Cl)c4)CC3)CC2)nn1. The van der Waals surface area contributed by atoms with Gasteiger partial charge >= 0.3 is 0 Å². The number of aryl methyl sites for hydroxylation is 1. The van der Waals surface area contributed by atoms with E-state index in [1.165, 1.54) is 5.56 Å². The molecule has 0 atom stereocenters. The third-order valence-electron chi connectivity index (χ3n) is 7.00. The Balaban J connectivity index is 1.13. The first-order chi connectivity index (χ1) is 16.6. The molecule has 2 saturated heterocycles. The summed E-state index contributed by atoms with van der Waals surface area (Å²) in [4.78, 5) is 19.8. The fraction of sp³-hybridized carbons (Fsp3) is 0.370. The molecule has 1 aromatic heterocycles. The molecule has 2 fully saturated rings. The molecule has 6 nitrogen and oxygen atoms in total. The van der Waals surface area contributed by atoms with Crippen LogP contribution in [0.1, 0.15) is 18.4 Å². The zero-order chi connectivity index (χ0) is 23.5. The van der Waals surface area contributed by atoms with Gasteiger partial charge in [-0.25, -0.2) is 0 Å². The topological polar surface area (TPSA) is 52.6 Å². The number of halogens is 1. The van der Waals surface area contributed by atoms with Crippen molar-refractivity contribution < 1.29 is 4.79 Å². The number of benzene rings is 2. The monoisotopic (exact) mass is 475 g/mol. The number of piperidine rings is 1. The van der Waals surface area contributed by atoms with Gasteiger partial charge in [-0.05, 0) is 55.7 Å². The molecule has 3 heterocycles. The highest BCUT2D eigenvalue weighted by Gasteiger charge is 2.31. The fourth-order valence-corrected chi connectivity index (χ4v) is 5.15. The quantitative estimate of drug-likeness (QED) is 0.548. The highest BCUT2D eigenvalue weighted by Crippen LogP contribution is 2.27. The lowest BCUT2D eigenvalue weighted by Gasteiger charge is -2.39. The summed E-state index contributed by atoms with van der Waals surface area (Å²) < 4.78 is 0. The van der Waals surface area contributed by atoms with Crippen molar-refractivity contribution in [3.63, 3.8) is 0 Å². The highest BCUT2D eigenvalue weighted by molar-refractivity contribution is 6.30. The van der Waals surface area contributed by atoms with Crippen LogP contribution in [0.4, 0.5) is 11.5 Å². The van der Waals surface area contributed by atoms with Gasteiger partial charge in [-0.3, -0.25) is 4.79 Å². The molecule has 0 radical (unpaired) electrons. The molecule has 0 N–H and O–H groups in total. The lowest BCUT2D eigenvalue weighted by atomic mass is 9.95. The molecule has 0 aliphatic carbocycles. The summed E-state index contributed by atoms with van der Waals surface area (Å²) >= 11 is 6.14. The van der Waals surface area contributed by atoms with Gasteiger partial charge in [0.15, 0.2) is 5.82 Å². The molecule has 2 aliphatic heterocycles. The van der Waals surface area contributed by atoms with Crippen molar-refractivity contribution in [3.05, 3.63) is 71.2 Å². The highest BCUT2D eigenvalue weighted by atomic mass is 35.5. The van der Waals surface area contributed by atoms with Gasteiger partial charge in [0.25, 0.3) is 0 Å². The third kappa shape index (κ3) is 4.87. The lowest BCUT2D eigenvalue weighted by Crippen LogP contribution is -2.51. The number of hydrogen-bond donors (Lipinski definition) is 0. The van der Waals surface area contributed by atoms with Crippen LogP contribution < -0.4 is 9.80 Å². The molecule has 0 bridgehead atoms. The predicted octanol–water partition coefficient (Wildman–Crippen LogP) is 4.67.